The number of hydrogen-bond donors (Lipinski definition) is 1. The maximum absolute atomic E-state index is 14.3. The molecule has 2 aromatic rings. The van der Waals surface area contributed by atoms with Gasteiger partial charge in [0.2, 0.25) is 0 Å². The minimum Gasteiger partial charge on any atom is -0.496 e. The van der Waals surface area contributed by atoms with Crippen LogP contribution in [0.25, 0.3) is 11.1 Å². The van der Waals surface area contributed by atoms with Crippen LogP contribution in [0.2, 0.25) is 0 Å². The number of hydrogen-bond acceptors (Lipinski definition) is 5. The summed E-state index contributed by atoms with van der Waals surface area (Å²) in [6.07, 6.45) is 1.72. The van der Waals surface area contributed by atoms with Gasteiger partial charge in [-0.3, -0.25) is 0 Å². The van der Waals surface area contributed by atoms with Crippen molar-refractivity contribution in [2.45, 2.75) is 25.9 Å². The van der Waals surface area contributed by atoms with Gasteiger partial charge in [0.05, 0.1) is 19.8 Å². The van der Waals surface area contributed by atoms with Gasteiger partial charge in [0.15, 0.2) is 0 Å². The number of aryl methyl sites for hydroxylation is 1. The first-order valence-corrected chi connectivity index (χ1v) is 9.57. The lowest BCUT2D eigenvalue weighted by Crippen LogP contribution is -2.33. The van der Waals surface area contributed by atoms with Gasteiger partial charge in [-0.2, -0.15) is 0 Å². The minimum absolute atomic E-state index is 0.113. The molecule has 1 heterocycles. The molecule has 3 rings (SSSR count). The van der Waals surface area contributed by atoms with Crippen LogP contribution in [-0.2, 0) is 0 Å². The molecule has 1 aliphatic rings. The molecule has 5 nitrogen and oxygen atoms in total. The highest BCUT2D eigenvalue weighted by Gasteiger charge is 2.18. The zero-order valence-corrected chi connectivity index (χ0v) is 16.7. The number of nitrogens with zero attached hydrogens (tertiary/aromatic N) is 1. The van der Waals surface area contributed by atoms with Crippen molar-refractivity contribution in [3.63, 3.8) is 0 Å². The summed E-state index contributed by atoms with van der Waals surface area (Å²) in [4.78, 5) is 2.22. The Hall–Kier alpha value is -2.31. The van der Waals surface area contributed by atoms with Crippen LogP contribution in [0.4, 0.5) is 4.39 Å². The van der Waals surface area contributed by atoms with Crippen LogP contribution in [0.1, 0.15) is 18.4 Å². The number of β-amino-alcohol motifs (C(OH)–C–C–N with tert-alkyl or cyclic N) is 1. The second-order valence-electron chi connectivity index (χ2n) is 7.19. The molecule has 1 N–H and O–H groups in total. The second-order valence-corrected chi connectivity index (χ2v) is 7.19. The molecule has 6 heteroatoms. The van der Waals surface area contributed by atoms with E-state index in [1.165, 1.54) is 25.0 Å². The molecule has 152 valence electrons. The van der Waals surface area contributed by atoms with E-state index in [-0.39, 0.29) is 6.61 Å². The predicted molar refractivity (Wildman–Crippen MR) is 107 cm³/mol. The van der Waals surface area contributed by atoms with Crippen molar-refractivity contribution in [3.05, 3.63) is 41.7 Å². The summed E-state index contributed by atoms with van der Waals surface area (Å²) in [5, 5.41) is 10.2. The SMILES string of the molecule is COc1cc(C)cc(OC)c1-c1cc(F)cc(OCC(O)CN2CCCC2)c1. The maximum Gasteiger partial charge on any atom is 0.130 e. The van der Waals surface area contributed by atoms with Crippen LogP contribution in [0.15, 0.2) is 30.3 Å². The Morgan fingerprint density at radius 3 is 2.29 bits per heavy atom. The molecular weight excluding hydrogens is 361 g/mol. The van der Waals surface area contributed by atoms with Crippen molar-refractivity contribution in [2.75, 3.05) is 40.5 Å². The molecule has 1 fully saturated rings. The fraction of sp³-hybridized carbons (Fsp3) is 0.455. The molecule has 2 aromatic carbocycles. The largest absolute Gasteiger partial charge is 0.496 e. The standard InChI is InChI=1S/C22H28FNO4/c1-15-8-20(26-2)22(21(9-15)27-3)16-10-17(23)12-19(11-16)28-14-18(25)13-24-6-4-5-7-24/h8-12,18,25H,4-7,13-14H2,1-3H3. The molecular formula is C22H28FNO4. The van der Waals surface area contributed by atoms with Crippen LogP contribution in [0.3, 0.4) is 0 Å². The van der Waals surface area contributed by atoms with Crippen molar-refractivity contribution < 1.29 is 23.7 Å². The first-order valence-electron chi connectivity index (χ1n) is 9.57. The van der Waals surface area contributed by atoms with E-state index < -0.39 is 11.9 Å². The van der Waals surface area contributed by atoms with E-state index in [9.17, 15) is 9.50 Å². The number of likely N-dealkylation sites (tertiary alicyclic amines) is 1. The normalized spacial score (nSPS) is 15.5. The molecule has 1 saturated heterocycles. The Morgan fingerprint density at radius 2 is 1.68 bits per heavy atom. The van der Waals surface area contributed by atoms with Crippen molar-refractivity contribution in [3.8, 4) is 28.4 Å². The number of ether oxygens (including phenoxy) is 3. The summed E-state index contributed by atoms with van der Waals surface area (Å²) in [6.45, 7) is 4.64. The number of halogens is 1. The highest BCUT2D eigenvalue weighted by Crippen LogP contribution is 2.41. The number of rotatable bonds is 8. The van der Waals surface area contributed by atoms with E-state index in [0.717, 1.165) is 18.7 Å². The van der Waals surface area contributed by atoms with Gasteiger partial charge in [-0.25, -0.2) is 4.39 Å². The summed E-state index contributed by atoms with van der Waals surface area (Å²) in [6, 6.07) is 8.23. The average molecular weight is 389 g/mol. The van der Waals surface area contributed by atoms with E-state index in [4.69, 9.17) is 14.2 Å². The Balaban J connectivity index is 1.80. The van der Waals surface area contributed by atoms with Crippen LogP contribution in [0, 0.1) is 12.7 Å². The van der Waals surface area contributed by atoms with Gasteiger partial charge in [-0.1, -0.05) is 0 Å². The third-order valence-electron chi connectivity index (χ3n) is 4.92. The van der Waals surface area contributed by atoms with E-state index in [1.54, 1.807) is 20.3 Å². The molecule has 0 aromatic heterocycles. The number of methoxy groups -OCH3 is 2. The molecule has 0 spiro atoms. The monoisotopic (exact) mass is 389 g/mol. The number of benzene rings is 2. The fourth-order valence-corrected chi connectivity index (χ4v) is 3.63. The molecule has 1 unspecified atom stereocenters. The molecule has 0 saturated carbocycles. The smallest absolute Gasteiger partial charge is 0.130 e. The number of aliphatic hydroxyl groups excluding tert-OH is 1. The average Bonchev–Trinajstić information content (AvgIpc) is 3.18. The summed E-state index contributed by atoms with van der Waals surface area (Å²) >= 11 is 0. The molecule has 0 radical (unpaired) electrons. The van der Waals surface area contributed by atoms with Gasteiger partial charge < -0.3 is 24.2 Å². The third-order valence-corrected chi connectivity index (χ3v) is 4.92. The third kappa shape index (κ3) is 4.94. The quantitative estimate of drug-likeness (QED) is 0.747. The molecule has 0 bridgehead atoms. The zero-order valence-electron chi connectivity index (χ0n) is 16.7. The topological polar surface area (TPSA) is 51.2 Å². The molecule has 1 atom stereocenters. The van der Waals surface area contributed by atoms with Gasteiger partial charge in [0, 0.05) is 12.6 Å². The van der Waals surface area contributed by atoms with E-state index in [0.29, 0.717) is 34.9 Å². The van der Waals surface area contributed by atoms with Gasteiger partial charge in [0.1, 0.15) is 35.8 Å². The van der Waals surface area contributed by atoms with Crippen molar-refractivity contribution in [2.24, 2.45) is 0 Å². The Labute approximate surface area is 165 Å². The van der Waals surface area contributed by atoms with Crippen molar-refractivity contribution >= 4 is 0 Å². The van der Waals surface area contributed by atoms with Crippen molar-refractivity contribution in [1.82, 2.24) is 4.90 Å². The van der Waals surface area contributed by atoms with E-state index in [1.807, 2.05) is 19.1 Å². The summed E-state index contributed by atoms with van der Waals surface area (Å²) < 4.78 is 31.0. The summed E-state index contributed by atoms with van der Waals surface area (Å²) in [5.41, 5.74) is 2.24. The highest BCUT2D eigenvalue weighted by molar-refractivity contribution is 5.78. The van der Waals surface area contributed by atoms with Gasteiger partial charge in [-0.15, -0.1) is 0 Å². The van der Waals surface area contributed by atoms with Gasteiger partial charge in [-0.05, 0) is 68.2 Å². The van der Waals surface area contributed by atoms with Crippen molar-refractivity contribution in [1.29, 1.82) is 0 Å². The van der Waals surface area contributed by atoms with E-state index >= 15 is 0 Å². The predicted octanol–water partition coefficient (Wildman–Crippen LogP) is 3.65. The van der Waals surface area contributed by atoms with Gasteiger partial charge >= 0.3 is 0 Å². The summed E-state index contributed by atoms with van der Waals surface area (Å²) in [5.74, 6) is 1.14. The molecule has 28 heavy (non-hydrogen) atoms. The van der Waals surface area contributed by atoms with Crippen LogP contribution in [-0.4, -0.2) is 56.6 Å². The van der Waals surface area contributed by atoms with Crippen LogP contribution >= 0.6 is 0 Å². The molecule has 0 aliphatic carbocycles. The van der Waals surface area contributed by atoms with Gasteiger partial charge in [0.25, 0.3) is 0 Å². The highest BCUT2D eigenvalue weighted by atomic mass is 19.1. The lowest BCUT2D eigenvalue weighted by molar-refractivity contribution is 0.0757. The lowest BCUT2D eigenvalue weighted by Gasteiger charge is -2.20. The Kier molecular flexibility index (Phi) is 6.75. The fourth-order valence-electron chi connectivity index (χ4n) is 3.63. The van der Waals surface area contributed by atoms with Crippen LogP contribution < -0.4 is 14.2 Å². The van der Waals surface area contributed by atoms with Crippen LogP contribution in [0.5, 0.6) is 17.2 Å². The Morgan fingerprint density at radius 1 is 1.04 bits per heavy atom. The Bertz CT molecular complexity index is 780. The zero-order chi connectivity index (χ0) is 20.1. The molecule has 0 amide bonds. The first kappa shape index (κ1) is 20.4. The summed E-state index contributed by atoms with van der Waals surface area (Å²) in [7, 11) is 3.15. The minimum atomic E-state index is -0.617. The van der Waals surface area contributed by atoms with E-state index in [2.05, 4.69) is 4.90 Å². The maximum atomic E-state index is 14.3. The number of aliphatic hydroxyl groups is 1. The molecule has 1 aliphatic heterocycles. The second kappa shape index (κ2) is 9.26. The lowest BCUT2D eigenvalue weighted by atomic mass is 10.0. The first-order chi connectivity index (χ1) is 13.5.